The summed E-state index contributed by atoms with van der Waals surface area (Å²) in [5, 5.41) is 0. The van der Waals surface area contributed by atoms with Crippen LogP contribution in [0.2, 0.25) is 0 Å². The molecule has 0 fully saturated rings. The Bertz CT molecular complexity index is 507. The van der Waals surface area contributed by atoms with E-state index in [1.54, 1.807) is 0 Å². The van der Waals surface area contributed by atoms with Gasteiger partial charge in [-0.05, 0) is 24.6 Å². The number of ether oxygens (including phenoxy) is 1. The fourth-order valence-electron chi connectivity index (χ4n) is 2.22. The highest BCUT2D eigenvalue weighted by atomic mass is 35.5. The van der Waals surface area contributed by atoms with Gasteiger partial charge in [-0.1, -0.05) is 48.5 Å². The Balaban J connectivity index is 0.00000242. The summed E-state index contributed by atoms with van der Waals surface area (Å²) in [4.78, 5) is 2.35. The zero-order valence-electron chi connectivity index (χ0n) is 12.8. The van der Waals surface area contributed by atoms with E-state index in [1.165, 1.54) is 5.56 Å². The third-order valence-corrected chi connectivity index (χ3v) is 3.63. The number of benzene rings is 2. The van der Waals surface area contributed by atoms with Gasteiger partial charge in [-0.15, -0.1) is 24.0 Å². The third kappa shape index (κ3) is 6.27. The molecule has 0 aliphatic heterocycles. The van der Waals surface area contributed by atoms with Crippen LogP contribution in [0.25, 0.3) is 0 Å². The highest BCUT2D eigenvalue weighted by molar-refractivity contribution is 6.18. The van der Waals surface area contributed by atoms with Gasteiger partial charge in [-0.2, -0.15) is 0 Å². The predicted octanol–water partition coefficient (Wildman–Crippen LogP) is 4.62. The van der Waals surface area contributed by atoms with E-state index >= 15 is 0 Å². The molecule has 0 radical (unpaired) electrons. The Morgan fingerprint density at radius 1 is 1.00 bits per heavy atom. The predicted molar refractivity (Wildman–Crippen MR) is 96.2 cm³/mol. The van der Waals surface area contributed by atoms with Crippen LogP contribution in [0.1, 0.15) is 12.5 Å². The van der Waals surface area contributed by atoms with E-state index in [1.807, 2.05) is 36.4 Å². The molecular formula is C18H23Cl2NO. The first-order valence-corrected chi connectivity index (χ1v) is 7.85. The molecule has 0 aromatic heterocycles. The summed E-state index contributed by atoms with van der Waals surface area (Å²) in [6.07, 6.45) is 0. The van der Waals surface area contributed by atoms with Crippen LogP contribution in [0.4, 0.5) is 0 Å². The van der Waals surface area contributed by atoms with Crippen molar-refractivity contribution in [1.29, 1.82) is 0 Å². The molecule has 2 aromatic carbocycles. The smallest absolute Gasteiger partial charge is 0.119 e. The standard InChI is InChI=1S/C18H22ClNO.ClH/c1-16(15-21-18-10-6-3-7-11-18)20(13-12-19)14-17-8-4-2-5-9-17;/h2-11,16H,12-15H2,1H3;1H/t16-;/m1./s1. The fraction of sp³-hybridized carbons (Fsp3) is 0.333. The Kier molecular flexibility index (Phi) is 8.98. The molecule has 0 N–H and O–H groups in total. The molecule has 0 bridgehead atoms. The van der Waals surface area contributed by atoms with E-state index < -0.39 is 0 Å². The fourth-order valence-corrected chi connectivity index (χ4v) is 2.44. The van der Waals surface area contributed by atoms with Crippen molar-refractivity contribution >= 4 is 24.0 Å². The maximum Gasteiger partial charge on any atom is 0.119 e. The van der Waals surface area contributed by atoms with Crippen LogP contribution in [0, 0.1) is 0 Å². The lowest BCUT2D eigenvalue weighted by Gasteiger charge is -2.28. The molecular weight excluding hydrogens is 317 g/mol. The minimum atomic E-state index is 0. The normalized spacial score (nSPS) is 11.8. The summed E-state index contributed by atoms with van der Waals surface area (Å²) in [6.45, 7) is 4.59. The Labute approximate surface area is 144 Å². The molecule has 1 atom stereocenters. The number of alkyl halides is 1. The molecule has 2 aromatic rings. The summed E-state index contributed by atoms with van der Waals surface area (Å²) in [5.41, 5.74) is 1.30. The average molecular weight is 340 g/mol. The topological polar surface area (TPSA) is 12.5 Å². The van der Waals surface area contributed by atoms with E-state index in [2.05, 4.69) is 36.1 Å². The van der Waals surface area contributed by atoms with Crippen molar-refractivity contribution in [3.8, 4) is 5.75 Å². The molecule has 0 spiro atoms. The van der Waals surface area contributed by atoms with Gasteiger partial charge < -0.3 is 4.74 Å². The number of hydrogen-bond acceptors (Lipinski definition) is 2. The quantitative estimate of drug-likeness (QED) is 0.651. The van der Waals surface area contributed by atoms with Crippen LogP contribution in [-0.4, -0.2) is 30.0 Å². The second-order valence-electron chi connectivity index (χ2n) is 5.12. The number of halogens is 2. The first kappa shape index (κ1) is 18.8. The molecule has 0 heterocycles. The van der Waals surface area contributed by atoms with Crippen LogP contribution in [0.15, 0.2) is 60.7 Å². The van der Waals surface area contributed by atoms with Gasteiger partial charge in [0.2, 0.25) is 0 Å². The van der Waals surface area contributed by atoms with Crippen molar-refractivity contribution in [2.75, 3.05) is 19.0 Å². The molecule has 4 heteroatoms. The van der Waals surface area contributed by atoms with Crippen molar-refractivity contribution < 1.29 is 4.74 Å². The lowest BCUT2D eigenvalue weighted by Crippen LogP contribution is -2.38. The number of hydrogen-bond donors (Lipinski definition) is 0. The van der Waals surface area contributed by atoms with E-state index in [4.69, 9.17) is 16.3 Å². The largest absolute Gasteiger partial charge is 0.492 e. The summed E-state index contributed by atoms with van der Waals surface area (Å²) < 4.78 is 5.85. The van der Waals surface area contributed by atoms with Gasteiger partial charge in [-0.25, -0.2) is 0 Å². The van der Waals surface area contributed by atoms with Crippen molar-refractivity contribution in [3.05, 3.63) is 66.2 Å². The number of rotatable bonds is 8. The SMILES string of the molecule is C[C@H](COc1ccccc1)N(CCCl)Cc1ccccc1.Cl. The van der Waals surface area contributed by atoms with E-state index in [0.717, 1.165) is 18.8 Å². The van der Waals surface area contributed by atoms with Crippen molar-refractivity contribution in [1.82, 2.24) is 4.90 Å². The molecule has 2 nitrogen and oxygen atoms in total. The van der Waals surface area contributed by atoms with E-state index in [0.29, 0.717) is 18.5 Å². The van der Waals surface area contributed by atoms with Gasteiger partial charge in [0.15, 0.2) is 0 Å². The zero-order chi connectivity index (χ0) is 14.9. The Morgan fingerprint density at radius 3 is 2.18 bits per heavy atom. The Hall–Kier alpha value is -1.22. The second kappa shape index (κ2) is 10.5. The maximum absolute atomic E-state index is 5.94. The first-order valence-electron chi connectivity index (χ1n) is 7.31. The van der Waals surface area contributed by atoms with Crippen LogP contribution >= 0.6 is 24.0 Å². The molecule has 2 rings (SSSR count). The molecule has 0 aliphatic carbocycles. The van der Waals surface area contributed by atoms with Crippen LogP contribution in [0.3, 0.4) is 0 Å². The Morgan fingerprint density at radius 2 is 1.59 bits per heavy atom. The molecule has 0 aliphatic rings. The van der Waals surface area contributed by atoms with Crippen LogP contribution in [0.5, 0.6) is 5.75 Å². The maximum atomic E-state index is 5.94. The van der Waals surface area contributed by atoms with Gasteiger partial charge in [0.1, 0.15) is 12.4 Å². The summed E-state index contributed by atoms with van der Waals surface area (Å²) in [6, 6.07) is 20.7. The molecule has 120 valence electrons. The van der Waals surface area contributed by atoms with Gasteiger partial charge in [0, 0.05) is 25.0 Å². The summed E-state index contributed by atoms with van der Waals surface area (Å²) in [7, 11) is 0. The first-order chi connectivity index (χ1) is 10.3. The molecule has 0 saturated heterocycles. The van der Waals surface area contributed by atoms with Gasteiger partial charge >= 0.3 is 0 Å². The minimum Gasteiger partial charge on any atom is -0.492 e. The minimum absolute atomic E-state index is 0. The van der Waals surface area contributed by atoms with Crippen molar-refractivity contribution in [2.24, 2.45) is 0 Å². The highest BCUT2D eigenvalue weighted by Crippen LogP contribution is 2.12. The highest BCUT2D eigenvalue weighted by Gasteiger charge is 2.14. The van der Waals surface area contributed by atoms with Crippen LogP contribution < -0.4 is 4.74 Å². The monoisotopic (exact) mass is 339 g/mol. The second-order valence-corrected chi connectivity index (χ2v) is 5.50. The van der Waals surface area contributed by atoms with Crippen molar-refractivity contribution in [2.45, 2.75) is 19.5 Å². The lowest BCUT2D eigenvalue weighted by molar-refractivity contribution is 0.146. The van der Waals surface area contributed by atoms with Gasteiger partial charge in [0.25, 0.3) is 0 Å². The zero-order valence-corrected chi connectivity index (χ0v) is 14.4. The number of nitrogens with zero attached hydrogens (tertiary/aromatic N) is 1. The van der Waals surface area contributed by atoms with Gasteiger partial charge in [0.05, 0.1) is 0 Å². The lowest BCUT2D eigenvalue weighted by atomic mass is 10.2. The third-order valence-electron chi connectivity index (χ3n) is 3.46. The molecule has 0 unspecified atom stereocenters. The van der Waals surface area contributed by atoms with E-state index in [-0.39, 0.29) is 12.4 Å². The molecule has 0 amide bonds. The van der Waals surface area contributed by atoms with Crippen LogP contribution in [-0.2, 0) is 6.54 Å². The van der Waals surface area contributed by atoms with Crippen molar-refractivity contribution in [3.63, 3.8) is 0 Å². The summed E-state index contributed by atoms with van der Waals surface area (Å²) >= 11 is 5.94. The number of para-hydroxylation sites is 1. The van der Waals surface area contributed by atoms with E-state index in [9.17, 15) is 0 Å². The average Bonchev–Trinajstić information content (AvgIpc) is 2.54. The molecule has 22 heavy (non-hydrogen) atoms. The summed E-state index contributed by atoms with van der Waals surface area (Å²) in [5.74, 6) is 1.54. The molecule has 0 saturated carbocycles. The van der Waals surface area contributed by atoms with Gasteiger partial charge in [-0.3, -0.25) is 4.90 Å².